The summed E-state index contributed by atoms with van der Waals surface area (Å²) in [5, 5.41) is 9.09. The van der Waals surface area contributed by atoms with Gasteiger partial charge in [-0.3, -0.25) is 9.59 Å². The second kappa shape index (κ2) is 14.0. The van der Waals surface area contributed by atoms with Crippen LogP contribution in [0.3, 0.4) is 0 Å². The van der Waals surface area contributed by atoms with E-state index in [9.17, 15) is 14.4 Å². The van der Waals surface area contributed by atoms with Crippen LogP contribution in [-0.4, -0.2) is 53.0 Å². The van der Waals surface area contributed by atoms with Crippen LogP contribution in [0.2, 0.25) is 0 Å². The predicted octanol–water partition coefficient (Wildman–Crippen LogP) is 8.21. The van der Waals surface area contributed by atoms with Crippen LogP contribution in [0, 0.1) is 59.2 Å². The van der Waals surface area contributed by atoms with Crippen LogP contribution in [-0.2, 0) is 48.1 Å². The van der Waals surface area contributed by atoms with Crippen LogP contribution in [0.15, 0.2) is 0 Å². The van der Waals surface area contributed by atoms with Gasteiger partial charge in [0.25, 0.3) is 0 Å². The van der Waals surface area contributed by atoms with Gasteiger partial charge in [0.1, 0.15) is 0 Å². The quantitative estimate of drug-likeness (QED) is 0.165. The Labute approximate surface area is 307 Å². The molecule has 0 amide bonds. The molecular formula is C40H60O12. The van der Waals surface area contributed by atoms with Gasteiger partial charge in [-0.25, -0.2) is 4.79 Å². The zero-order valence-electron chi connectivity index (χ0n) is 30.1. The average molecular weight is 733 g/mol. The minimum Gasteiger partial charge on any atom is -0.481 e. The highest BCUT2D eigenvalue weighted by molar-refractivity contribution is 5.81. The Morgan fingerprint density at radius 3 is 1.46 bits per heavy atom. The molecule has 10 saturated carbocycles. The van der Waals surface area contributed by atoms with Crippen molar-refractivity contribution in [3.63, 3.8) is 0 Å². The zero-order valence-corrected chi connectivity index (χ0v) is 30.1. The maximum atomic E-state index is 12.1. The van der Waals surface area contributed by atoms with Crippen LogP contribution < -0.4 is 0 Å². The number of esters is 1. The molecule has 12 fully saturated rings. The van der Waals surface area contributed by atoms with E-state index in [1.165, 1.54) is 64.2 Å². The zero-order chi connectivity index (χ0) is 35.0. The summed E-state index contributed by atoms with van der Waals surface area (Å²) in [5.41, 5.74) is 0. The molecule has 0 aromatic rings. The van der Waals surface area contributed by atoms with Crippen LogP contribution in [0.25, 0.3) is 0 Å². The molecule has 12 heteroatoms. The lowest BCUT2D eigenvalue weighted by Gasteiger charge is -2.57. The van der Waals surface area contributed by atoms with Gasteiger partial charge < -0.3 is 24.1 Å². The van der Waals surface area contributed by atoms with E-state index in [0.29, 0.717) is 36.5 Å². The van der Waals surface area contributed by atoms with Gasteiger partial charge in [0.05, 0.1) is 6.61 Å². The first-order valence-electron chi connectivity index (χ1n) is 20.3. The maximum Gasteiger partial charge on any atom is 0.516 e. The third-order valence-electron chi connectivity index (χ3n) is 14.8. The van der Waals surface area contributed by atoms with Gasteiger partial charge >= 0.3 is 18.1 Å². The highest BCUT2D eigenvalue weighted by Crippen LogP contribution is 2.65. The van der Waals surface area contributed by atoms with E-state index >= 15 is 0 Å². The van der Waals surface area contributed by atoms with Crippen molar-refractivity contribution in [2.75, 3.05) is 6.61 Å². The van der Waals surface area contributed by atoms with E-state index in [0.717, 1.165) is 62.2 Å². The molecule has 8 bridgehead atoms. The third-order valence-corrected chi connectivity index (χ3v) is 14.8. The van der Waals surface area contributed by atoms with Crippen molar-refractivity contribution in [2.24, 2.45) is 59.2 Å². The first-order chi connectivity index (χ1) is 24.6. The van der Waals surface area contributed by atoms with Crippen LogP contribution in [0.4, 0.5) is 4.79 Å². The van der Waals surface area contributed by atoms with Crippen molar-refractivity contribution in [3.8, 4) is 0 Å². The fraction of sp³-hybridized carbons (Fsp3) is 0.925. The Kier molecular flexibility index (Phi) is 10.0. The summed E-state index contributed by atoms with van der Waals surface area (Å²) in [6.07, 6.45) is 18.4. The summed E-state index contributed by atoms with van der Waals surface area (Å²) in [5.74, 6) is 1.51. The summed E-state index contributed by atoms with van der Waals surface area (Å²) in [6.45, 7) is 1.86. The minimum absolute atomic E-state index is 0. The Hall–Kier alpha value is -1.83. The van der Waals surface area contributed by atoms with Crippen LogP contribution >= 0.6 is 0 Å². The molecule has 1 N–H and O–H groups in total. The topological polar surface area (TPSA) is 145 Å². The molecule has 0 aromatic carbocycles. The van der Waals surface area contributed by atoms with E-state index < -0.39 is 41.2 Å². The molecule has 0 unspecified atom stereocenters. The summed E-state index contributed by atoms with van der Waals surface area (Å²) < 4.78 is 22.7. The number of carbonyl (C=O) groups is 3. The molecule has 2 heterocycles. The molecule has 2 aliphatic heterocycles. The highest BCUT2D eigenvalue weighted by Gasteiger charge is 2.68. The first-order valence-corrected chi connectivity index (χ1v) is 20.3. The Bertz CT molecular complexity index is 1310. The van der Waals surface area contributed by atoms with Gasteiger partial charge in [-0.15, -0.1) is 0 Å². The molecule has 52 heavy (non-hydrogen) atoms. The van der Waals surface area contributed by atoms with Crippen LogP contribution in [0.5, 0.6) is 0 Å². The van der Waals surface area contributed by atoms with Crippen molar-refractivity contribution >= 4 is 18.1 Å². The van der Waals surface area contributed by atoms with E-state index in [-0.39, 0.29) is 38.7 Å². The first kappa shape index (κ1) is 37.1. The van der Waals surface area contributed by atoms with E-state index in [4.69, 9.17) is 38.9 Å². The predicted molar refractivity (Wildman–Crippen MR) is 182 cm³/mol. The molecule has 4 atom stereocenters. The second-order valence-corrected chi connectivity index (χ2v) is 18.3. The molecule has 4 spiro atoms. The Morgan fingerprint density at radius 1 is 0.635 bits per heavy atom. The van der Waals surface area contributed by atoms with Gasteiger partial charge in [-0.1, -0.05) is 7.43 Å². The van der Waals surface area contributed by atoms with E-state index in [1.807, 2.05) is 0 Å². The monoisotopic (exact) mass is 732 g/mol. The molecule has 0 aromatic heterocycles. The van der Waals surface area contributed by atoms with Crippen molar-refractivity contribution in [3.05, 3.63) is 0 Å². The number of hydrogen-bond acceptors (Lipinski definition) is 11. The molecule has 12 nitrogen and oxygen atoms in total. The molecule has 292 valence electrons. The minimum atomic E-state index is -0.928. The largest absolute Gasteiger partial charge is 0.516 e. The lowest BCUT2D eigenvalue weighted by Crippen LogP contribution is -2.59. The van der Waals surface area contributed by atoms with Gasteiger partial charge in [0.15, 0.2) is 0 Å². The van der Waals surface area contributed by atoms with Crippen LogP contribution in [0.1, 0.15) is 143 Å². The number of rotatable bonds is 5. The lowest BCUT2D eigenvalue weighted by atomic mass is 9.53. The number of carboxylic acid groups (broad SMARTS) is 1. The molecule has 12 rings (SSSR count). The molecule has 0 radical (unpaired) electrons. The summed E-state index contributed by atoms with van der Waals surface area (Å²) >= 11 is 0. The summed E-state index contributed by atoms with van der Waals surface area (Å²) in [4.78, 5) is 58.3. The number of carbonyl (C=O) groups excluding carboxylic acids is 2. The molecular weight excluding hydrogens is 672 g/mol. The van der Waals surface area contributed by atoms with E-state index in [1.54, 1.807) is 6.92 Å². The summed E-state index contributed by atoms with van der Waals surface area (Å²) in [7, 11) is 0. The number of ether oxygens (including phenoxy) is 4. The number of aliphatic carboxylic acids is 1. The standard InChI is InChI=1S/C21H30O7.C18H26O5.CH4/c1-2-24-19(23)25-18(22)11-13-4-3-5-20(12-13)26-21(28-27-20)16-7-14-6-15(9-16)10-17(21)8-14;19-16(20)9-11-2-1-3-17(10-11)21-18(23-22-17)14-5-12-4-13(7-14)8-15(18)6-12;/h13-17H,2-12H2,1H3;11-15H,1-10H2,(H,19,20);1H4/t13-,14?,15?,16?,17?,20+,21?;11-,12?,13?,14?,15?,17+,18?;/m00./s1. The van der Waals surface area contributed by atoms with Gasteiger partial charge in [-0.2, -0.15) is 19.6 Å². The highest BCUT2D eigenvalue weighted by atomic mass is 17.3. The second-order valence-electron chi connectivity index (χ2n) is 18.3. The smallest absolute Gasteiger partial charge is 0.481 e. The third kappa shape index (κ3) is 6.63. The molecule has 10 aliphatic carbocycles. The number of carboxylic acids is 1. The maximum absolute atomic E-state index is 12.1. The molecule has 12 aliphatic rings. The molecule has 2 saturated heterocycles. The Balaban J connectivity index is 0.000000148. The fourth-order valence-electron chi connectivity index (χ4n) is 13.3. The average Bonchev–Trinajstić information content (AvgIpc) is 3.62. The lowest BCUT2D eigenvalue weighted by molar-refractivity contribution is -0.390. The fourth-order valence-corrected chi connectivity index (χ4v) is 13.3. The van der Waals surface area contributed by atoms with Crippen molar-refractivity contribution in [1.29, 1.82) is 0 Å². The Morgan fingerprint density at radius 2 is 1.06 bits per heavy atom. The summed E-state index contributed by atoms with van der Waals surface area (Å²) in [6, 6.07) is 0. The number of hydrogen-bond donors (Lipinski definition) is 1. The van der Waals surface area contributed by atoms with Crippen molar-refractivity contribution in [1.82, 2.24) is 0 Å². The van der Waals surface area contributed by atoms with E-state index in [2.05, 4.69) is 4.74 Å². The van der Waals surface area contributed by atoms with Gasteiger partial charge in [0, 0.05) is 62.2 Å². The van der Waals surface area contributed by atoms with Crippen molar-refractivity contribution < 1.29 is 58.0 Å². The van der Waals surface area contributed by atoms with Gasteiger partial charge in [-0.05, 0) is 132 Å². The normalized spacial score (nSPS) is 48.9. The van der Waals surface area contributed by atoms with Crippen molar-refractivity contribution in [2.45, 2.75) is 166 Å². The van der Waals surface area contributed by atoms with Gasteiger partial charge in [0.2, 0.25) is 23.1 Å². The SMILES string of the molecule is C.CCOC(=O)OC(=O)C[C@@H]1CCC[C@]2(C1)OOC1(O2)C2CC3CC(C2)CC1C3.O=C(O)C[C@@H]1CCC[C@]2(C1)OOC1(O2)C2CC3CC(C2)CC1C3.